The van der Waals surface area contributed by atoms with Crippen molar-refractivity contribution in [1.29, 1.82) is 0 Å². The summed E-state index contributed by atoms with van der Waals surface area (Å²) in [6.07, 6.45) is 1.64. The number of rotatable bonds is 2. The van der Waals surface area contributed by atoms with Gasteiger partial charge in [0, 0.05) is 18.3 Å². The van der Waals surface area contributed by atoms with Gasteiger partial charge in [-0.25, -0.2) is 4.39 Å². The molecule has 0 atom stereocenters. The van der Waals surface area contributed by atoms with E-state index < -0.39 is 5.82 Å². The molecule has 0 unspecified atom stereocenters. The largest absolute Gasteiger partial charge is 0.394 e. The van der Waals surface area contributed by atoms with Crippen LogP contribution in [0.15, 0.2) is 24.4 Å². The summed E-state index contributed by atoms with van der Waals surface area (Å²) in [6, 6.07) is 4.35. The van der Waals surface area contributed by atoms with Crippen molar-refractivity contribution in [2.75, 3.05) is 11.1 Å². The van der Waals surface area contributed by atoms with Gasteiger partial charge in [-0.2, -0.15) is 5.10 Å². The Balaban J connectivity index is 2.30. The Labute approximate surface area is 96.8 Å². The molecule has 1 aromatic heterocycles. The van der Waals surface area contributed by atoms with Gasteiger partial charge >= 0.3 is 0 Å². The maximum absolute atomic E-state index is 13.5. The quantitative estimate of drug-likeness (QED) is 0.848. The molecule has 0 saturated heterocycles. The second-order valence-corrected chi connectivity index (χ2v) is 3.79. The van der Waals surface area contributed by atoms with Gasteiger partial charge in [-0.3, -0.25) is 4.68 Å². The zero-order valence-electron chi connectivity index (χ0n) is 8.54. The summed E-state index contributed by atoms with van der Waals surface area (Å²) in [4.78, 5) is 0. The smallest absolute Gasteiger partial charge is 0.175 e. The van der Waals surface area contributed by atoms with Gasteiger partial charge < -0.3 is 11.1 Å². The van der Waals surface area contributed by atoms with Gasteiger partial charge in [-0.1, -0.05) is 11.6 Å². The summed E-state index contributed by atoms with van der Waals surface area (Å²) in [5.74, 6) is -0.0266. The summed E-state index contributed by atoms with van der Waals surface area (Å²) >= 11 is 5.64. The van der Waals surface area contributed by atoms with E-state index in [0.717, 1.165) is 0 Å². The van der Waals surface area contributed by atoms with Crippen molar-refractivity contribution < 1.29 is 4.39 Å². The van der Waals surface area contributed by atoms with Crippen LogP contribution in [0.25, 0.3) is 0 Å². The third kappa shape index (κ3) is 2.09. The minimum atomic E-state index is -0.447. The lowest BCUT2D eigenvalue weighted by atomic mass is 10.3. The number of nitrogens with zero attached hydrogens (tertiary/aromatic N) is 2. The number of hydrogen-bond donors (Lipinski definition) is 2. The van der Waals surface area contributed by atoms with Gasteiger partial charge in [0.25, 0.3) is 0 Å². The highest BCUT2D eigenvalue weighted by atomic mass is 35.5. The number of benzene rings is 1. The van der Waals surface area contributed by atoms with E-state index in [2.05, 4.69) is 10.4 Å². The molecule has 3 N–H and O–H groups in total. The monoisotopic (exact) mass is 240 g/mol. The van der Waals surface area contributed by atoms with Crippen LogP contribution >= 0.6 is 11.6 Å². The van der Waals surface area contributed by atoms with Crippen LogP contribution < -0.4 is 11.1 Å². The van der Waals surface area contributed by atoms with E-state index in [-0.39, 0.29) is 5.69 Å². The average Bonchev–Trinajstić information content (AvgIpc) is 2.50. The molecule has 4 nitrogen and oxygen atoms in total. The Bertz CT molecular complexity index is 524. The van der Waals surface area contributed by atoms with E-state index in [1.165, 1.54) is 12.1 Å². The number of halogens is 2. The van der Waals surface area contributed by atoms with Crippen LogP contribution in [0.2, 0.25) is 5.02 Å². The molecule has 0 saturated carbocycles. The number of anilines is 3. The molecule has 2 aromatic rings. The van der Waals surface area contributed by atoms with Crippen LogP contribution in [0.1, 0.15) is 0 Å². The summed E-state index contributed by atoms with van der Waals surface area (Å²) in [6.45, 7) is 0. The molecule has 2 rings (SSSR count). The Hall–Kier alpha value is -1.75. The number of nitrogens with one attached hydrogen (secondary N) is 1. The van der Waals surface area contributed by atoms with Crippen LogP contribution in [-0.4, -0.2) is 9.78 Å². The fourth-order valence-electron chi connectivity index (χ4n) is 1.32. The Morgan fingerprint density at radius 1 is 1.50 bits per heavy atom. The van der Waals surface area contributed by atoms with Crippen molar-refractivity contribution in [2.24, 2.45) is 7.05 Å². The summed E-state index contributed by atoms with van der Waals surface area (Å²) in [7, 11) is 1.74. The summed E-state index contributed by atoms with van der Waals surface area (Å²) in [5, 5.41) is 7.19. The van der Waals surface area contributed by atoms with Crippen molar-refractivity contribution >= 4 is 28.8 Å². The molecule has 0 aliphatic carbocycles. The minimum Gasteiger partial charge on any atom is -0.394 e. The van der Waals surface area contributed by atoms with Gasteiger partial charge in [-0.05, 0) is 18.2 Å². The summed E-state index contributed by atoms with van der Waals surface area (Å²) < 4.78 is 15.0. The molecular weight excluding hydrogens is 231 g/mol. The van der Waals surface area contributed by atoms with Gasteiger partial charge in [0.1, 0.15) is 5.82 Å². The molecule has 0 aliphatic rings. The van der Waals surface area contributed by atoms with Gasteiger partial charge in [-0.15, -0.1) is 0 Å². The van der Waals surface area contributed by atoms with E-state index >= 15 is 0 Å². The number of aromatic nitrogens is 2. The maximum Gasteiger partial charge on any atom is 0.175 e. The first kappa shape index (κ1) is 10.8. The lowest BCUT2D eigenvalue weighted by Crippen LogP contribution is -1.97. The van der Waals surface area contributed by atoms with Crippen LogP contribution in [0.4, 0.5) is 21.6 Å². The normalized spacial score (nSPS) is 10.4. The number of hydrogen-bond acceptors (Lipinski definition) is 3. The highest BCUT2D eigenvalue weighted by Gasteiger charge is 2.08. The zero-order valence-corrected chi connectivity index (χ0v) is 9.29. The molecule has 84 valence electrons. The van der Waals surface area contributed by atoms with E-state index in [1.54, 1.807) is 24.0 Å². The number of aryl methyl sites for hydroxylation is 1. The van der Waals surface area contributed by atoms with Crippen LogP contribution in [-0.2, 0) is 7.05 Å². The highest BCUT2D eigenvalue weighted by Crippen LogP contribution is 2.24. The standard InChI is InChI=1S/C10H10ClFN4/c1-16-5-8(13)10(15-16)14-9-3-2-6(11)4-7(9)12/h2-5H,13H2,1H3,(H,14,15). The molecule has 1 aromatic carbocycles. The molecule has 6 heteroatoms. The molecule has 0 aliphatic heterocycles. The number of nitrogens with two attached hydrogens (primary N) is 1. The van der Waals surface area contributed by atoms with Gasteiger partial charge in [0.2, 0.25) is 0 Å². The number of nitrogen functional groups attached to an aromatic ring is 1. The van der Waals surface area contributed by atoms with Crippen molar-refractivity contribution in [3.63, 3.8) is 0 Å². The van der Waals surface area contributed by atoms with Crippen LogP contribution in [0.3, 0.4) is 0 Å². The third-order valence-electron chi connectivity index (χ3n) is 2.04. The second-order valence-electron chi connectivity index (χ2n) is 3.36. The maximum atomic E-state index is 13.5. The predicted octanol–water partition coefficient (Wildman–Crippen LogP) is 2.54. The summed E-state index contributed by atoms with van der Waals surface area (Å²) in [5.41, 5.74) is 6.42. The molecule has 0 amide bonds. The fraction of sp³-hybridized carbons (Fsp3) is 0.100. The van der Waals surface area contributed by atoms with Crippen molar-refractivity contribution in [3.05, 3.63) is 35.2 Å². The third-order valence-corrected chi connectivity index (χ3v) is 2.28. The molecule has 16 heavy (non-hydrogen) atoms. The van der Waals surface area contributed by atoms with E-state index in [4.69, 9.17) is 17.3 Å². The second kappa shape index (κ2) is 4.02. The van der Waals surface area contributed by atoms with E-state index in [9.17, 15) is 4.39 Å². The Morgan fingerprint density at radius 3 is 2.81 bits per heavy atom. The zero-order chi connectivity index (χ0) is 11.7. The fourth-order valence-corrected chi connectivity index (χ4v) is 1.48. The van der Waals surface area contributed by atoms with Crippen LogP contribution in [0, 0.1) is 5.82 Å². The molecule has 0 bridgehead atoms. The first-order valence-corrected chi connectivity index (χ1v) is 4.95. The van der Waals surface area contributed by atoms with Crippen LogP contribution in [0.5, 0.6) is 0 Å². The van der Waals surface area contributed by atoms with Crippen molar-refractivity contribution in [3.8, 4) is 0 Å². The predicted molar refractivity (Wildman–Crippen MR) is 62.3 cm³/mol. The first-order valence-electron chi connectivity index (χ1n) is 4.57. The Morgan fingerprint density at radius 2 is 2.25 bits per heavy atom. The van der Waals surface area contributed by atoms with Crippen molar-refractivity contribution in [2.45, 2.75) is 0 Å². The minimum absolute atomic E-state index is 0.287. The lowest BCUT2D eigenvalue weighted by molar-refractivity contribution is 0.631. The highest BCUT2D eigenvalue weighted by molar-refractivity contribution is 6.30. The first-order chi connectivity index (χ1) is 7.56. The molecule has 0 spiro atoms. The molecule has 0 radical (unpaired) electrons. The average molecular weight is 241 g/mol. The van der Waals surface area contributed by atoms with E-state index in [0.29, 0.717) is 16.5 Å². The molecule has 1 heterocycles. The topological polar surface area (TPSA) is 55.9 Å². The lowest BCUT2D eigenvalue weighted by Gasteiger charge is -2.05. The van der Waals surface area contributed by atoms with Crippen molar-refractivity contribution in [1.82, 2.24) is 9.78 Å². The molecule has 0 fully saturated rings. The molecular formula is C10H10ClFN4. The SMILES string of the molecule is Cn1cc(N)c(Nc2ccc(Cl)cc2F)n1. The Kier molecular flexibility index (Phi) is 2.70. The van der Waals surface area contributed by atoms with Gasteiger partial charge in [0.15, 0.2) is 5.82 Å². The van der Waals surface area contributed by atoms with E-state index in [1.807, 2.05) is 0 Å². The van der Waals surface area contributed by atoms with Gasteiger partial charge in [0.05, 0.1) is 11.4 Å².